The van der Waals surface area contributed by atoms with E-state index in [1.165, 1.54) is 23.1 Å². The fraction of sp³-hybridized carbons (Fsp3) is 0.276. The van der Waals surface area contributed by atoms with E-state index in [4.69, 9.17) is 5.73 Å². The van der Waals surface area contributed by atoms with Crippen molar-refractivity contribution < 1.29 is 9.59 Å². The maximum Gasteiger partial charge on any atom is 0.234 e. The number of allylic oxidation sites excluding steroid dienone is 3. The predicted molar refractivity (Wildman–Crippen MR) is 154 cm³/mol. The van der Waals surface area contributed by atoms with Gasteiger partial charge in [0, 0.05) is 23.4 Å². The van der Waals surface area contributed by atoms with Gasteiger partial charge in [-0.3, -0.25) is 14.5 Å². The first-order valence-corrected chi connectivity index (χ1v) is 14.4. The number of ketones is 1. The minimum atomic E-state index is -0.509. The summed E-state index contributed by atoms with van der Waals surface area (Å²) < 4.78 is 0.595. The molecule has 5 rings (SSSR count). The molecule has 0 saturated heterocycles. The number of nitrogens with one attached hydrogen (secondary N) is 1. The normalized spacial score (nSPS) is 17.2. The van der Waals surface area contributed by atoms with Gasteiger partial charge in [-0.25, -0.2) is 0 Å². The molecule has 2 aliphatic rings. The monoisotopic (exact) mass is 556 g/mol. The smallest absolute Gasteiger partial charge is 0.234 e. The van der Waals surface area contributed by atoms with Crippen LogP contribution in [0.15, 0.2) is 69.5 Å². The minimum absolute atomic E-state index is 0.0250. The summed E-state index contributed by atoms with van der Waals surface area (Å²) in [6.45, 7) is 5.96. The number of hydrogen-bond acceptors (Lipinski definition) is 9. The lowest BCUT2D eigenvalue weighted by Gasteiger charge is -2.38. The summed E-state index contributed by atoms with van der Waals surface area (Å²) in [6, 6.07) is 15.9. The summed E-state index contributed by atoms with van der Waals surface area (Å²) in [5.41, 5.74) is 13.2. The van der Waals surface area contributed by atoms with Crippen molar-refractivity contribution in [1.82, 2.24) is 10.2 Å². The van der Waals surface area contributed by atoms with Gasteiger partial charge >= 0.3 is 0 Å². The fourth-order valence-corrected chi connectivity index (χ4v) is 6.76. The molecule has 1 amide bonds. The number of nitriles is 1. The lowest BCUT2D eigenvalue weighted by Crippen LogP contribution is -2.38. The second-order valence-corrected chi connectivity index (χ2v) is 11.8. The van der Waals surface area contributed by atoms with Crippen molar-refractivity contribution in [3.8, 4) is 6.07 Å². The van der Waals surface area contributed by atoms with Crippen LogP contribution in [0.3, 0.4) is 0 Å². The predicted octanol–water partition coefficient (Wildman–Crippen LogP) is 5.50. The van der Waals surface area contributed by atoms with Gasteiger partial charge in [0.25, 0.3) is 0 Å². The molecule has 1 aromatic heterocycles. The third-order valence-electron chi connectivity index (χ3n) is 7.21. The Kier molecular flexibility index (Phi) is 7.55. The summed E-state index contributed by atoms with van der Waals surface area (Å²) >= 11 is 2.57. The number of anilines is 2. The Morgan fingerprint density at radius 3 is 2.69 bits per heavy atom. The summed E-state index contributed by atoms with van der Waals surface area (Å²) in [5.74, 6) is -0.195. The number of hydrogen-bond donors (Lipinski definition) is 2. The van der Waals surface area contributed by atoms with Gasteiger partial charge < -0.3 is 11.1 Å². The molecule has 1 atom stereocenters. The van der Waals surface area contributed by atoms with Gasteiger partial charge in [0.1, 0.15) is 5.82 Å². The van der Waals surface area contributed by atoms with Crippen LogP contribution >= 0.6 is 23.1 Å². The topological polar surface area (TPSA) is 125 Å². The summed E-state index contributed by atoms with van der Waals surface area (Å²) in [4.78, 5) is 27.6. The van der Waals surface area contributed by atoms with Gasteiger partial charge in [0.05, 0.1) is 23.3 Å². The lowest BCUT2D eigenvalue weighted by atomic mass is 9.75. The molecule has 0 bridgehead atoms. The number of nitrogens with two attached hydrogens (primary N) is 1. The van der Waals surface area contributed by atoms with Gasteiger partial charge in [-0.15, -0.1) is 10.2 Å². The molecule has 0 saturated carbocycles. The standard InChI is InChI=1S/C29H28N6O2S2/c1-16-9-6-11-21(18(16)3)32-24(37)15-38-29-34-33-28(39-29)35-22-12-7-13-23(36)26(22)25(20(14-30)27(35)31)19-10-5-4-8-17(19)2/h4-6,8-11,25H,7,12-13,15,31H2,1-3H3,(H,32,37). The molecular formula is C29H28N6O2S2. The first kappa shape index (κ1) is 26.7. The third-order valence-corrected chi connectivity index (χ3v) is 9.25. The van der Waals surface area contributed by atoms with E-state index in [0.29, 0.717) is 39.9 Å². The van der Waals surface area contributed by atoms with E-state index in [-0.39, 0.29) is 23.3 Å². The number of benzene rings is 2. The zero-order valence-electron chi connectivity index (χ0n) is 21.9. The van der Waals surface area contributed by atoms with E-state index in [2.05, 4.69) is 21.6 Å². The van der Waals surface area contributed by atoms with Crippen LogP contribution in [-0.4, -0.2) is 27.6 Å². The molecule has 39 heavy (non-hydrogen) atoms. The van der Waals surface area contributed by atoms with Crippen LogP contribution in [0.2, 0.25) is 0 Å². The lowest BCUT2D eigenvalue weighted by molar-refractivity contribution is -0.116. The molecular weight excluding hydrogens is 528 g/mol. The molecule has 10 heteroatoms. The zero-order chi connectivity index (χ0) is 27.7. The third kappa shape index (κ3) is 5.07. The molecule has 3 aromatic rings. The van der Waals surface area contributed by atoms with Crippen LogP contribution in [0.1, 0.15) is 47.4 Å². The Labute approximate surface area is 235 Å². The highest BCUT2D eigenvalue weighted by Crippen LogP contribution is 2.47. The van der Waals surface area contributed by atoms with Gasteiger partial charge in [-0.2, -0.15) is 5.26 Å². The van der Waals surface area contributed by atoms with E-state index in [1.807, 2.05) is 63.2 Å². The van der Waals surface area contributed by atoms with Crippen molar-refractivity contribution >= 4 is 45.6 Å². The number of aryl methyl sites for hydroxylation is 2. The van der Waals surface area contributed by atoms with E-state index >= 15 is 0 Å². The van der Waals surface area contributed by atoms with Crippen LogP contribution in [0.5, 0.6) is 0 Å². The average molecular weight is 557 g/mol. The molecule has 0 spiro atoms. The average Bonchev–Trinajstić information content (AvgIpc) is 3.38. The maximum atomic E-state index is 13.3. The highest BCUT2D eigenvalue weighted by atomic mass is 32.2. The first-order chi connectivity index (χ1) is 18.8. The largest absolute Gasteiger partial charge is 0.384 e. The molecule has 1 unspecified atom stereocenters. The van der Waals surface area contributed by atoms with E-state index in [1.54, 1.807) is 4.90 Å². The molecule has 1 aliphatic heterocycles. The van der Waals surface area contributed by atoms with Gasteiger partial charge in [-0.1, -0.05) is 59.5 Å². The van der Waals surface area contributed by atoms with E-state index < -0.39 is 5.92 Å². The molecule has 8 nitrogen and oxygen atoms in total. The van der Waals surface area contributed by atoms with Crippen LogP contribution in [0.4, 0.5) is 10.8 Å². The van der Waals surface area contributed by atoms with Crippen molar-refractivity contribution in [1.29, 1.82) is 5.26 Å². The first-order valence-electron chi connectivity index (χ1n) is 12.6. The second-order valence-electron chi connectivity index (χ2n) is 9.61. The Morgan fingerprint density at radius 1 is 1.15 bits per heavy atom. The van der Waals surface area contributed by atoms with Crippen molar-refractivity contribution in [2.75, 3.05) is 16.0 Å². The Morgan fingerprint density at radius 2 is 1.92 bits per heavy atom. The molecule has 2 heterocycles. The Hall–Kier alpha value is -3.94. The number of nitrogens with zero attached hydrogens (tertiary/aromatic N) is 4. The summed E-state index contributed by atoms with van der Waals surface area (Å²) in [7, 11) is 0. The molecule has 0 radical (unpaired) electrons. The quantitative estimate of drug-likeness (QED) is 0.382. The zero-order valence-corrected chi connectivity index (χ0v) is 23.6. The number of thioether (sulfide) groups is 1. The number of carbonyl (C=O) groups excluding carboxylic acids is 2. The molecule has 3 N–H and O–H groups in total. The maximum absolute atomic E-state index is 13.3. The van der Waals surface area contributed by atoms with Crippen LogP contribution in [-0.2, 0) is 9.59 Å². The van der Waals surface area contributed by atoms with E-state index in [0.717, 1.165) is 33.6 Å². The van der Waals surface area contributed by atoms with Crippen LogP contribution in [0, 0.1) is 32.1 Å². The van der Waals surface area contributed by atoms with Gasteiger partial charge in [-0.05, 0) is 61.9 Å². The van der Waals surface area contributed by atoms with E-state index in [9.17, 15) is 14.9 Å². The highest BCUT2D eigenvalue weighted by Gasteiger charge is 2.41. The molecule has 2 aromatic carbocycles. The minimum Gasteiger partial charge on any atom is -0.384 e. The van der Waals surface area contributed by atoms with Crippen LogP contribution in [0.25, 0.3) is 0 Å². The fourth-order valence-electron chi connectivity index (χ4n) is 5.08. The Bertz CT molecular complexity index is 1580. The number of Topliss-reactive ketones (excluding diaryl/α,β-unsaturated/α-hetero) is 1. The number of carbonyl (C=O) groups is 2. The molecule has 198 valence electrons. The highest BCUT2D eigenvalue weighted by molar-refractivity contribution is 8.01. The molecule has 1 aliphatic carbocycles. The van der Waals surface area contributed by atoms with Gasteiger partial charge in [0.2, 0.25) is 11.0 Å². The van der Waals surface area contributed by atoms with Crippen molar-refractivity contribution in [3.63, 3.8) is 0 Å². The van der Waals surface area contributed by atoms with Crippen molar-refractivity contribution in [2.45, 2.75) is 50.3 Å². The summed E-state index contributed by atoms with van der Waals surface area (Å²) in [5, 5.41) is 22.3. The summed E-state index contributed by atoms with van der Waals surface area (Å²) in [6.07, 6.45) is 1.77. The van der Waals surface area contributed by atoms with Crippen LogP contribution < -0.4 is 16.0 Å². The van der Waals surface area contributed by atoms with Gasteiger partial charge in [0.15, 0.2) is 10.1 Å². The number of rotatable bonds is 6. The molecule has 0 fully saturated rings. The Balaban J connectivity index is 1.42. The SMILES string of the molecule is Cc1ccccc1C1C(C#N)=C(N)N(c2nnc(SCC(=O)Nc3cccc(C)c3C)s2)C2=C1C(=O)CCC2. The number of amides is 1. The van der Waals surface area contributed by atoms with Crippen molar-refractivity contribution in [2.24, 2.45) is 5.73 Å². The second kappa shape index (κ2) is 11.0. The number of aromatic nitrogens is 2. The van der Waals surface area contributed by atoms with Crippen molar-refractivity contribution in [3.05, 3.63) is 87.4 Å².